The lowest BCUT2D eigenvalue weighted by Crippen LogP contribution is -2.34. The number of aromatic amines is 1. The Labute approximate surface area is 120 Å². The zero-order chi connectivity index (χ0) is 12.4. The number of rotatable bonds is 3. The molecule has 1 aliphatic rings. The molecule has 2 heterocycles. The number of halogens is 1. The average Bonchev–Trinajstić information content (AvgIpc) is 2.84. The van der Waals surface area contributed by atoms with E-state index in [-0.39, 0.29) is 12.4 Å². The first-order chi connectivity index (χ1) is 8.83. The van der Waals surface area contributed by atoms with Gasteiger partial charge >= 0.3 is 0 Å². The summed E-state index contributed by atoms with van der Waals surface area (Å²) in [7, 11) is 2.12. The van der Waals surface area contributed by atoms with E-state index in [1.54, 1.807) is 0 Å². The maximum atomic E-state index is 4.63. The molecule has 19 heavy (non-hydrogen) atoms. The van der Waals surface area contributed by atoms with E-state index in [9.17, 15) is 0 Å². The maximum Gasteiger partial charge on any atom is 0.203 e. The Hall–Kier alpha value is -1.26. The van der Waals surface area contributed by atoms with Gasteiger partial charge < -0.3 is 15.2 Å². The number of hydrogen-bond donors (Lipinski definition) is 2. The molecule has 0 bridgehead atoms. The van der Waals surface area contributed by atoms with E-state index in [4.69, 9.17) is 0 Å². The lowest BCUT2D eigenvalue weighted by Gasteiger charge is -2.27. The quantitative estimate of drug-likeness (QED) is 0.908. The molecule has 1 aromatic heterocycles. The van der Waals surface area contributed by atoms with Gasteiger partial charge in [-0.15, -0.1) is 12.4 Å². The number of aromatic nitrogens is 2. The van der Waals surface area contributed by atoms with Crippen LogP contribution in [0.4, 0.5) is 5.95 Å². The summed E-state index contributed by atoms with van der Waals surface area (Å²) in [5, 5.41) is 3.41. The molecule has 1 saturated heterocycles. The third kappa shape index (κ3) is 3.19. The predicted molar refractivity (Wildman–Crippen MR) is 82.2 cm³/mol. The van der Waals surface area contributed by atoms with Crippen LogP contribution in [0, 0.1) is 5.92 Å². The smallest absolute Gasteiger partial charge is 0.203 e. The summed E-state index contributed by atoms with van der Waals surface area (Å²) in [5.41, 5.74) is 2.16. The molecular weight excluding hydrogens is 260 g/mol. The first kappa shape index (κ1) is 14.2. The van der Waals surface area contributed by atoms with Crippen molar-refractivity contribution in [2.24, 2.45) is 5.92 Å². The van der Waals surface area contributed by atoms with Gasteiger partial charge in [0.25, 0.3) is 0 Å². The van der Waals surface area contributed by atoms with Crippen LogP contribution in [-0.2, 0) is 0 Å². The van der Waals surface area contributed by atoms with Crippen LogP contribution in [0.25, 0.3) is 11.0 Å². The molecule has 4 nitrogen and oxygen atoms in total. The summed E-state index contributed by atoms with van der Waals surface area (Å²) in [6.45, 7) is 3.39. The van der Waals surface area contributed by atoms with Crippen LogP contribution < -0.4 is 10.2 Å². The fourth-order valence-electron chi connectivity index (χ4n) is 2.66. The Morgan fingerprint density at radius 1 is 1.26 bits per heavy atom. The molecule has 0 atom stereocenters. The zero-order valence-electron chi connectivity index (χ0n) is 11.2. The Kier molecular flexibility index (Phi) is 4.66. The lowest BCUT2D eigenvalue weighted by atomic mass is 9.98. The lowest BCUT2D eigenvalue weighted by molar-refractivity contribution is 0.377. The number of hydrogen-bond acceptors (Lipinski definition) is 3. The average molecular weight is 281 g/mol. The van der Waals surface area contributed by atoms with E-state index in [0.29, 0.717) is 0 Å². The van der Waals surface area contributed by atoms with Crippen molar-refractivity contribution in [2.75, 3.05) is 31.6 Å². The number of H-pyrrole nitrogens is 1. The van der Waals surface area contributed by atoms with Crippen LogP contribution in [0.1, 0.15) is 12.8 Å². The number of piperidine rings is 1. The Balaban J connectivity index is 0.00000133. The number of benzene rings is 1. The van der Waals surface area contributed by atoms with Crippen LogP contribution in [-0.4, -0.2) is 36.6 Å². The molecule has 1 fully saturated rings. The number of anilines is 1. The molecule has 5 heteroatoms. The molecule has 0 saturated carbocycles. The number of nitrogens with zero attached hydrogens (tertiary/aromatic N) is 2. The Morgan fingerprint density at radius 3 is 2.74 bits per heavy atom. The molecule has 1 aliphatic heterocycles. The predicted octanol–water partition coefficient (Wildman–Crippen LogP) is 2.42. The Bertz CT molecular complexity index is 486. The third-order valence-electron chi connectivity index (χ3n) is 3.73. The van der Waals surface area contributed by atoms with Crippen molar-refractivity contribution in [1.29, 1.82) is 0 Å². The highest BCUT2D eigenvalue weighted by molar-refractivity contribution is 5.85. The zero-order valence-corrected chi connectivity index (χ0v) is 12.0. The normalized spacial score (nSPS) is 16.3. The molecule has 104 valence electrons. The summed E-state index contributed by atoms with van der Waals surface area (Å²) >= 11 is 0. The number of nitrogens with one attached hydrogen (secondary N) is 2. The summed E-state index contributed by atoms with van der Waals surface area (Å²) in [6, 6.07) is 8.19. The SMILES string of the molecule is CN(CC1CCNCC1)c1nc2ccccc2[nH]1.Cl. The summed E-state index contributed by atoms with van der Waals surface area (Å²) in [5.74, 6) is 1.76. The van der Waals surface area contributed by atoms with E-state index in [2.05, 4.69) is 33.3 Å². The minimum Gasteiger partial charge on any atom is -0.345 e. The van der Waals surface area contributed by atoms with Gasteiger partial charge in [0.05, 0.1) is 11.0 Å². The molecule has 2 aromatic rings. The Morgan fingerprint density at radius 2 is 2.00 bits per heavy atom. The number of para-hydroxylation sites is 2. The van der Waals surface area contributed by atoms with E-state index >= 15 is 0 Å². The fraction of sp³-hybridized carbons (Fsp3) is 0.500. The highest BCUT2D eigenvalue weighted by Gasteiger charge is 2.16. The first-order valence-electron chi connectivity index (χ1n) is 6.69. The summed E-state index contributed by atoms with van der Waals surface area (Å²) in [6.07, 6.45) is 2.54. The van der Waals surface area contributed by atoms with Gasteiger partial charge in [0.2, 0.25) is 5.95 Å². The maximum absolute atomic E-state index is 4.63. The molecule has 0 unspecified atom stereocenters. The fourth-order valence-corrected chi connectivity index (χ4v) is 2.66. The number of fused-ring (bicyclic) bond motifs is 1. The molecule has 2 N–H and O–H groups in total. The molecule has 0 spiro atoms. The molecule has 0 aliphatic carbocycles. The van der Waals surface area contributed by atoms with Gasteiger partial charge in [0.15, 0.2) is 0 Å². The van der Waals surface area contributed by atoms with Crippen molar-refractivity contribution >= 4 is 29.4 Å². The van der Waals surface area contributed by atoms with Gasteiger partial charge in [0, 0.05) is 13.6 Å². The van der Waals surface area contributed by atoms with E-state index in [1.165, 1.54) is 12.8 Å². The highest BCUT2D eigenvalue weighted by Crippen LogP contribution is 2.19. The second kappa shape index (κ2) is 6.26. The van der Waals surface area contributed by atoms with Crippen molar-refractivity contribution in [3.8, 4) is 0 Å². The van der Waals surface area contributed by atoms with Crippen molar-refractivity contribution in [1.82, 2.24) is 15.3 Å². The second-order valence-corrected chi connectivity index (χ2v) is 5.15. The van der Waals surface area contributed by atoms with Gasteiger partial charge in [0.1, 0.15) is 0 Å². The molecule has 1 aromatic carbocycles. The minimum atomic E-state index is 0. The van der Waals surface area contributed by atoms with Crippen LogP contribution in [0.2, 0.25) is 0 Å². The molecule has 0 radical (unpaired) electrons. The number of imidazole rings is 1. The summed E-state index contributed by atoms with van der Waals surface area (Å²) < 4.78 is 0. The van der Waals surface area contributed by atoms with E-state index in [1.807, 2.05) is 18.2 Å². The van der Waals surface area contributed by atoms with Gasteiger partial charge in [-0.25, -0.2) is 4.98 Å². The largest absolute Gasteiger partial charge is 0.345 e. The molecular formula is C14H21ClN4. The first-order valence-corrected chi connectivity index (χ1v) is 6.69. The molecule has 0 amide bonds. The van der Waals surface area contributed by atoms with Crippen molar-refractivity contribution < 1.29 is 0 Å². The van der Waals surface area contributed by atoms with Crippen molar-refractivity contribution in [2.45, 2.75) is 12.8 Å². The minimum absolute atomic E-state index is 0. The van der Waals surface area contributed by atoms with Crippen LogP contribution in [0.5, 0.6) is 0 Å². The standard InChI is InChI=1S/C14H20N4.ClH/c1-18(10-11-6-8-15-9-7-11)14-16-12-4-2-3-5-13(12)17-14;/h2-5,11,15H,6-10H2,1H3,(H,16,17);1H. The van der Waals surface area contributed by atoms with E-state index in [0.717, 1.165) is 42.5 Å². The highest BCUT2D eigenvalue weighted by atomic mass is 35.5. The molecule has 3 rings (SSSR count). The monoisotopic (exact) mass is 280 g/mol. The third-order valence-corrected chi connectivity index (χ3v) is 3.73. The van der Waals surface area contributed by atoms with Crippen molar-refractivity contribution in [3.05, 3.63) is 24.3 Å². The van der Waals surface area contributed by atoms with Gasteiger partial charge in [-0.1, -0.05) is 12.1 Å². The van der Waals surface area contributed by atoms with Gasteiger partial charge in [-0.05, 0) is 44.0 Å². The van der Waals surface area contributed by atoms with Crippen LogP contribution in [0.3, 0.4) is 0 Å². The second-order valence-electron chi connectivity index (χ2n) is 5.15. The topological polar surface area (TPSA) is 44.0 Å². The van der Waals surface area contributed by atoms with Crippen LogP contribution in [0.15, 0.2) is 24.3 Å². The van der Waals surface area contributed by atoms with Gasteiger partial charge in [-0.2, -0.15) is 0 Å². The summed E-state index contributed by atoms with van der Waals surface area (Å²) in [4.78, 5) is 10.3. The van der Waals surface area contributed by atoms with Crippen LogP contribution >= 0.6 is 12.4 Å². The van der Waals surface area contributed by atoms with Gasteiger partial charge in [-0.3, -0.25) is 0 Å². The van der Waals surface area contributed by atoms with E-state index < -0.39 is 0 Å². The van der Waals surface area contributed by atoms with Crippen molar-refractivity contribution in [3.63, 3.8) is 0 Å².